The number of carbonyl (C=O) groups is 1. The Morgan fingerprint density at radius 1 is 1.19 bits per heavy atom. The van der Waals surface area contributed by atoms with Gasteiger partial charge in [0.2, 0.25) is 0 Å². The van der Waals surface area contributed by atoms with Crippen LogP contribution in [0, 0.1) is 0 Å². The third kappa shape index (κ3) is 3.48. The van der Waals surface area contributed by atoms with E-state index in [1.165, 1.54) is 11.8 Å². The molecular weight excluding hydrogens is 306 g/mol. The Bertz CT molecular complexity index is 604. The van der Waals surface area contributed by atoms with Crippen molar-refractivity contribution in [3.63, 3.8) is 0 Å². The minimum atomic E-state index is -0.149. The summed E-state index contributed by atoms with van der Waals surface area (Å²) >= 11 is 7.33. The zero-order chi connectivity index (χ0) is 14.8. The van der Waals surface area contributed by atoms with Crippen molar-refractivity contribution in [1.82, 2.24) is 9.80 Å². The largest absolute Gasteiger partial charge is 0.348 e. The number of nitrogens with zero attached hydrogens (tertiary/aromatic N) is 3. The maximum absolute atomic E-state index is 12.0. The molecule has 0 N–H and O–H groups in total. The second-order valence-corrected chi connectivity index (χ2v) is 6.60. The first-order valence-electron chi connectivity index (χ1n) is 6.83. The molecule has 0 spiro atoms. The summed E-state index contributed by atoms with van der Waals surface area (Å²) in [6, 6.07) is 7.44. The lowest BCUT2D eigenvalue weighted by atomic mass is 10.2. The molecular formula is C15H16ClN3OS. The summed E-state index contributed by atoms with van der Waals surface area (Å²) in [5.41, 5.74) is 0.963. The topological polar surface area (TPSA) is 35.9 Å². The van der Waals surface area contributed by atoms with E-state index in [2.05, 4.69) is 21.8 Å². The standard InChI is InChI=1S/C15H16ClN3OS/c1-18-6-8-19(9-7-18)15-17-14(20)13(21-15)10-11-2-4-12(16)5-3-11/h2-5,10H,6-9H2,1H3/b13-10+. The number of halogens is 1. The molecule has 6 heteroatoms. The van der Waals surface area contributed by atoms with Crippen LogP contribution in [0.1, 0.15) is 5.56 Å². The van der Waals surface area contributed by atoms with Gasteiger partial charge in [-0.3, -0.25) is 4.79 Å². The van der Waals surface area contributed by atoms with Gasteiger partial charge in [-0.2, -0.15) is 4.99 Å². The van der Waals surface area contributed by atoms with Gasteiger partial charge in [0.25, 0.3) is 5.91 Å². The van der Waals surface area contributed by atoms with Crippen LogP contribution >= 0.6 is 23.4 Å². The zero-order valence-corrected chi connectivity index (χ0v) is 13.3. The highest BCUT2D eigenvalue weighted by molar-refractivity contribution is 8.18. The summed E-state index contributed by atoms with van der Waals surface area (Å²) in [5, 5.41) is 1.52. The molecule has 3 rings (SSSR count). The normalized spacial score (nSPS) is 22.0. The molecule has 0 unspecified atom stereocenters. The fourth-order valence-corrected chi connectivity index (χ4v) is 3.33. The van der Waals surface area contributed by atoms with Gasteiger partial charge < -0.3 is 9.80 Å². The molecule has 1 amide bonds. The summed E-state index contributed by atoms with van der Waals surface area (Å²) in [6.45, 7) is 3.85. The first kappa shape index (κ1) is 14.6. The summed E-state index contributed by atoms with van der Waals surface area (Å²) in [4.78, 5) is 21.3. The molecule has 2 aliphatic rings. The van der Waals surface area contributed by atoms with Crippen LogP contribution in [0.2, 0.25) is 5.02 Å². The number of amides is 1. The summed E-state index contributed by atoms with van der Waals surface area (Å²) in [6.07, 6.45) is 1.87. The van der Waals surface area contributed by atoms with Crippen LogP contribution in [-0.2, 0) is 4.79 Å². The number of amidine groups is 1. The third-order valence-corrected chi connectivity index (χ3v) is 4.85. The molecule has 1 aromatic rings. The first-order chi connectivity index (χ1) is 10.1. The molecule has 0 atom stereocenters. The molecule has 1 fully saturated rings. The minimum Gasteiger partial charge on any atom is -0.348 e. The Balaban J connectivity index is 1.71. The van der Waals surface area contributed by atoms with E-state index < -0.39 is 0 Å². The molecule has 0 bridgehead atoms. The van der Waals surface area contributed by atoms with Crippen LogP contribution in [0.3, 0.4) is 0 Å². The van der Waals surface area contributed by atoms with E-state index in [0.717, 1.165) is 36.9 Å². The Kier molecular flexibility index (Phi) is 4.33. The van der Waals surface area contributed by atoms with E-state index in [1.54, 1.807) is 0 Å². The summed E-state index contributed by atoms with van der Waals surface area (Å²) in [5.74, 6) is -0.149. The fraction of sp³-hybridized carbons (Fsp3) is 0.333. The van der Waals surface area contributed by atoms with Crippen LogP contribution in [0.4, 0.5) is 0 Å². The van der Waals surface area contributed by atoms with Gasteiger partial charge in [-0.1, -0.05) is 23.7 Å². The van der Waals surface area contributed by atoms with Crippen LogP contribution in [0.5, 0.6) is 0 Å². The summed E-state index contributed by atoms with van der Waals surface area (Å²) in [7, 11) is 2.11. The Morgan fingerprint density at radius 2 is 1.86 bits per heavy atom. The lowest BCUT2D eigenvalue weighted by Gasteiger charge is -2.32. The van der Waals surface area contributed by atoms with Gasteiger partial charge in [-0.05, 0) is 42.6 Å². The highest BCUT2D eigenvalue weighted by Crippen LogP contribution is 2.30. The summed E-state index contributed by atoms with van der Waals surface area (Å²) < 4.78 is 0. The third-order valence-electron chi connectivity index (χ3n) is 3.55. The molecule has 2 heterocycles. The van der Waals surface area contributed by atoms with Crippen molar-refractivity contribution in [3.8, 4) is 0 Å². The number of hydrogen-bond donors (Lipinski definition) is 0. The zero-order valence-electron chi connectivity index (χ0n) is 11.8. The molecule has 21 heavy (non-hydrogen) atoms. The number of benzene rings is 1. The van der Waals surface area contributed by atoms with Crippen molar-refractivity contribution in [2.75, 3.05) is 33.2 Å². The van der Waals surface area contributed by atoms with E-state index in [0.29, 0.717) is 9.93 Å². The highest BCUT2D eigenvalue weighted by atomic mass is 35.5. The number of piperazine rings is 1. The predicted molar refractivity (Wildman–Crippen MR) is 88.5 cm³/mol. The van der Waals surface area contributed by atoms with Crippen LogP contribution in [0.15, 0.2) is 34.2 Å². The van der Waals surface area contributed by atoms with Gasteiger partial charge in [0.05, 0.1) is 4.91 Å². The lowest BCUT2D eigenvalue weighted by molar-refractivity contribution is -0.113. The molecule has 1 aromatic carbocycles. The molecule has 110 valence electrons. The molecule has 0 aliphatic carbocycles. The average Bonchev–Trinajstić information content (AvgIpc) is 2.83. The van der Waals surface area contributed by atoms with Crippen molar-refractivity contribution in [3.05, 3.63) is 39.8 Å². The van der Waals surface area contributed by atoms with Crippen molar-refractivity contribution < 1.29 is 4.79 Å². The highest BCUT2D eigenvalue weighted by Gasteiger charge is 2.27. The van der Waals surface area contributed by atoms with E-state index in [1.807, 2.05) is 30.3 Å². The number of rotatable bonds is 1. The Morgan fingerprint density at radius 3 is 2.52 bits per heavy atom. The van der Waals surface area contributed by atoms with Crippen molar-refractivity contribution in [1.29, 1.82) is 0 Å². The van der Waals surface area contributed by atoms with Crippen LogP contribution in [0.25, 0.3) is 6.08 Å². The van der Waals surface area contributed by atoms with Crippen molar-refractivity contribution >= 4 is 40.5 Å². The van der Waals surface area contributed by atoms with Gasteiger partial charge in [-0.25, -0.2) is 0 Å². The maximum Gasteiger partial charge on any atom is 0.286 e. The lowest BCUT2D eigenvalue weighted by Crippen LogP contribution is -2.46. The molecule has 0 aromatic heterocycles. The molecule has 1 saturated heterocycles. The van der Waals surface area contributed by atoms with E-state index in [4.69, 9.17) is 11.6 Å². The number of carbonyl (C=O) groups excluding carboxylic acids is 1. The van der Waals surface area contributed by atoms with E-state index in [-0.39, 0.29) is 5.91 Å². The molecule has 0 saturated carbocycles. The quantitative estimate of drug-likeness (QED) is 0.745. The monoisotopic (exact) mass is 321 g/mol. The molecule has 2 aliphatic heterocycles. The van der Waals surface area contributed by atoms with Gasteiger partial charge in [0.15, 0.2) is 5.17 Å². The fourth-order valence-electron chi connectivity index (χ4n) is 2.24. The number of likely N-dealkylation sites (N-methyl/N-ethyl adjacent to an activating group) is 1. The number of aliphatic imine (C=N–C) groups is 1. The molecule has 0 radical (unpaired) electrons. The minimum absolute atomic E-state index is 0.149. The smallest absolute Gasteiger partial charge is 0.286 e. The molecule has 4 nitrogen and oxygen atoms in total. The Labute approximate surface area is 133 Å². The average molecular weight is 322 g/mol. The van der Waals surface area contributed by atoms with Gasteiger partial charge in [0.1, 0.15) is 0 Å². The number of thioether (sulfide) groups is 1. The second-order valence-electron chi connectivity index (χ2n) is 5.15. The first-order valence-corrected chi connectivity index (χ1v) is 8.03. The van der Waals surface area contributed by atoms with E-state index in [9.17, 15) is 4.79 Å². The van der Waals surface area contributed by atoms with Crippen LogP contribution in [-0.4, -0.2) is 54.1 Å². The number of hydrogen-bond acceptors (Lipinski definition) is 4. The van der Waals surface area contributed by atoms with Gasteiger partial charge in [0, 0.05) is 31.2 Å². The van der Waals surface area contributed by atoms with Gasteiger partial charge >= 0.3 is 0 Å². The Hall–Kier alpha value is -1.30. The van der Waals surface area contributed by atoms with E-state index >= 15 is 0 Å². The van der Waals surface area contributed by atoms with Crippen molar-refractivity contribution in [2.24, 2.45) is 4.99 Å². The van der Waals surface area contributed by atoms with Crippen LogP contribution < -0.4 is 0 Å². The van der Waals surface area contributed by atoms with Crippen molar-refractivity contribution in [2.45, 2.75) is 0 Å². The maximum atomic E-state index is 12.0. The second kappa shape index (κ2) is 6.22. The predicted octanol–water partition coefficient (Wildman–Crippen LogP) is 2.56. The SMILES string of the molecule is CN1CCN(C2=NC(=O)/C(=C\c3ccc(Cl)cc3)S2)CC1. The van der Waals surface area contributed by atoms with Gasteiger partial charge in [-0.15, -0.1) is 0 Å².